The van der Waals surface area contributed by atoms with Crippen molar-refractivity contribution >= 4 is 17.6 Å². The van der Waals surface area contributed by atoms with Crippen LogP contribution >= 0.6 is 11.6 Å². The maximum absolute atomic E-state index is 12.2. The molecule has 2 rings (SSSR count). The van der Waals surface area contributed by atoms with E-state index in [1.165, 1.54) is 16.2 Å². The van der Waals surface area contributed by atoms with Crippen molar-refractivity contribution < 1.29 is 9.53 Å². The Labute approximate surface area is 120 Å². The van der Waals surface area contributed by atoms with Crippen LogP contribution in [-0.2, 0) is 16.1 Å². The van der Waals surface area contributed by atoms with Gasteiger partial charge in [-0.25, -0.2) is 4.79 Å². The first-order chi connectivity index (χ1) is 9.49. The largest absolute Gasteiger partial charge is 0.464 e. The molecule has 7 heteroatoms. The maximum atomic E-state index is 12.2. The van der Waals surface area contributed by atoms with Gasteiger partial charge < -0.3 is 4.74 Å². The van der Waals surface area contributed by atoms with Gasteiger partial charge in [0.25, 0.3) is 0 Å². The number of carbonyl (C=O) groups excluding carboxylic acids is 1. The number of carbonyl (C=O) groups is 1. The van der Waals surface area contributed by atoms with E-state index in [1.807, 2.05) is 0 Å². The van der Waals surface area contributed by atoms with Crippen molar-refractivity contribution in [2.75, 3.05) is 6.61 Å². The van der Waals surface area contributed by atoms with Crippen LogP contribution in [0.5, 0.6) is 0 Å². The van der Waals surface area contributed by atoms with Gasteiger partial charge in [-0.3, -0.25) is 9.36 Å². The Morgan fingerprint density at radius 2 is 2.00 bits per heavy atom. The Balaban J connectivity index is 2.26. The molecular weight excluding hydrogens is 282 g/mol. The number of hydrogen-bond donors (Lipinski definition) is 0. The van der Waals surface area contributed by atoms with E-state index in [-0.39, 0.29) is 24.8 Å². The van der Waals surface area contributed by atoms with Crippen molar-refractivity contribution in [1.82, 2.24) is 14.3 Å². The highest BCUT2D eigenvalue weighted by atomic mass is 35.5. The molecule has 1 aromatic carbocycles. The summed E-state index contributed by atoms with van der Waals surface area (Å²) in [5.41, 5.74) is 0.353. The van der Waals surface area contributed by atoms with Gasteiger partial charge in [0.1, 0.15) is 12.4 Å². The van der Waals surface area contributed by atoms with E-state index in [1.54, 1.807) is 31.2 Å². The zero-order valence-electron chi connectivity index (χ0n) is 11.2. The number of ether oxygens (including phenoxy) is 1. The Bertz CT molecular complexity index is 673. The second-order valence-electron chi connectivity index (χ2n) is 4.21. The van der Waals surface area contributed by atoms with Crippen LogP contribution in [0.4, 0.5) is 0 Å². The summed E-state index contributed by atoms with van der Waals surface area (Å²) >= 11 is 5.81. The van der Waals surface area contributed by atoms with Gasteiger partial charge in [-0.15, -0.1) is 0 Å². The number of aryl methyl sites for hydroxylation is 1. The van der Waals surface area contributed by atoms with Gasteiger partial charge in [0.15, 0.2) is 0 Å². The Morgan fingerprint density at radius 1 is 1.35 bits per heavy atom. The molecular formula is C13H14ClN3O3. The van der Waals surface area contributed by atoms with Crippen molar-refractivity contribution in [3.63, 3.8) is 0 Å². The van der Waals surface area contributed by atoms with E-state index in [9.17, 15) is 9.59 Å². The summed E-state index contributed by atoms with van der Waals surface area (Å²) in [4.78, 5) is 23.0. The number of benzene rings is 1. The summed E-state index contributed by atoms with van der Waals surface area (Å²) in [7, 11) is 0. The molecule has 0 unspecified atom stereocenters. The van der Waals surface area contributed by atoms with Crippen LogP contribution in [0.1, 0.15) is 12.7 Å². The lowest BCUT2D eigenvalue weighted by Gasteiger charge is -2.03. The molecule has 1 aromatic heterocycles. The maximum Gasteiger partial charge on any atom is 0.350 e. The minimum absolute atomic E-state index is 0.141. The van der Waals surface area contributed by atoms with Gasteiger partial charge >= 0.3 is 11.7 Å². The van der Waals surface area contributed by atoms with Crippen molar-refractivity contribution in [3.8, 4) is 5.69 Å². The molecule has 0 aliphatic carbocycles. The summed E-state index contributed by atoms with van der Waals surface area (Å²) in [6, 6.07) is 6.81. The fourth-order valence-corrected chi connectivity index (χ4v) is 1.91. The van der Waals surface area contributed by atoms with Crippen molar-refractivity contribution in [1.29, 1.82) is 0 Å². The summed E-state index contributed by atoms with van der Waals surface area (Å²) in [6.45, 7) is 3.47. The molecule has 0 N–H and O–H groups in total. The van der Waals surface area contributed by atoms with Crippen molar-refractivity contribution in [3.05, 3.63) is 45.6 Å². The van der Waals surface area contributed by atoms with E-state index in [4.69, 9.17) is 16.3 Å². The van der Waals surface area contributed by atoms with Gasteiger partial charge in [-0.2, -0.15) is 9.78 Å². The lowest BCUT2D eigenvalue weighted by molar-refractivity contribution is -0.141. The van der Waals surface area contributed by atoms with Crippen molar-refractivity contribution in [2.45, 2.75) is 20.4 Å². The molecule has 6 nitrogen and oxygen atoms in total. The van der Waals surface area contributed by atoms with E-state index >= 15 is 0 Å². The van der Waals surface area contributed by atoms with Gasteiger partial charge in [0.2, 0.25) is 0 Å². The number of esters is 1. The third kappa shape index (κ3) is 3.08. The number of halogens is 1. The van der Waals surface area contributed by atoms with Crippen LogP contribution in [0, 0.1) is 6.92 Å². The third-order valence-corrected chi connectivity index (χ3v) is 2.99. The summed E-state index contributed by atoms with van der Waals surface area (Å²) < 4.78 is 7.58. The average molecular weight is 296 g/mol. The van der Waals surface area contributed by atoms with Crippen LogP contribution < -0.4 is 5.69 Å². The molecule has 0 fully saturated rings. The molecule has 0 saturated carbocycles. The molecule has 20 heavy (non-hydrogen) atoms. The number of aromatic nitrogens is 3. The standard InChI is InChI=1S/C13H14ClN3O3/c1-9-15-17(12-5-3-11(14)4-6-12)13(19)16(9)7-8-20-10(2)18/h3-6H,7-8H2,1-2H3. The molecule has 0 aliphatic heterocycles. The lowest BCUT2D eigenvalue weighted by atomic mass is 10.3. The van der Waals surface area contributed by atoms with Crippen LogP contribution in [0.15, 0.2) is 29.1 Å². The summed E-state index contributed by atoms with van der Waals surface area (Å²) in [5, 5.41) is 4.78. The van der Waals surface area contributed by atoms with Gasteiger partial charge in [-0.05, 0) is 31.2 Å². The second kappa shape index (κ2) is 5.92. The fourth-order valence-electron chi connectivity index (χ4n) is 1.78. The number of rotatable bonds is 4. The van der Waals surface area contributed by atoms with E-state index < -0.39 is 0 Å². The second-order valence-corrected chi connectivity index (χ2v) is 4.65. The lowest BCUT2D eigenvalue weighted by Crippen LogP contribution is -2.26. The first-order valence-corrected chi connectivity index (χ1v) is 6.42. The minimum Gasteiger partial charge on any atom is -0.464 e. The zero-order valence-corrected chi connectivity index (χ0v) is 11.9. The molecule has 0 radical (unpaired) electrons. The molecule has 0 amide bonds. The molecule has 0 atom stereocenters. The minimum atomic E-state index is -0.374. The zero-order chi connectivity index (χ0) is 14.7. The van der Waals surface area contributed by atoms with E-state index in [0.717, 1.165) is 0 Å². The molecule has 0 aliphatic rings. The summed E-state index contributed by atoms with van der Waals surface area (Å²) in [6.07, 6.45) is 0. The van der Waals surface area contributed by atoms with Crippen LogP contribution in [0.2, 0.25) is 5.02 Å². The SMILES string of the molecule is CC(=O)OCCn1c(C)nn(-c2ccc(Cl)cc2)c1=O. The van der Waals surface area contributed by atoms with E-state index in [2.05, 4.69) is 5.10 Å². The first kappa shape index (κ1) is 14.3. The van der Waals surface area contributed by atoms with Crippen LogP contribution in [0.25, 0.3) is 5.69 Å². The molecule has 2 aromatic rings. The highest BCUT2D eigenvalue weighted by Crippen LogP contribution is 2.11. The van der Waals surface area contributed by atoms with Crippen LogP contribution in [0.3, 0.4) is 0 Å². The highest BCUT2D eigenvalue weighted by Gasteiger charge is 2.11. The average Bonchev–Trinajstić information content (AvgIpc) is 2.67. The number of hydrogen-bond acceptors (Lipinski definition) is 4. The Hall–Kier alpha value is -2.08. The molecule has 106 valence electrons. The quantitative estimate of drug-likeness (QED) is 0.803. The first-order valence-electron chi connectivity index (χ1n) is 6.05. The van der Waals surface area contributed by atoms with Crippen molar-refractivity contribution in [2.24, 2.45) is 0 Å². The number of nitrogens with zero attached hydrogens (tertiary/aromatic N) is 3. The third-order valence-electron chi connectivity index (χ3n) is 2.74. The smallest absolute Gasteiger partial charge is 0.350 e. The summed E-state index contributed by atoms with van der Waals surface area (Å²) in [5.74, 6) is 0.179. The predicted octanol–water partition coefficient (Wildman–Crippen LogP) is 1.56. The Kier molecular flexibility index (Phi) is 4.24. The normalized spacial score (nSPS) is 10.6. The Morgan fingerprint density at radius 3 is 2.60 bits per heavy atom. The van der Waals surface area contributed by atoms with Crippen LogP contribution in [-0.4, -0.2) is 26.9 Å². The molecule has 0 saturated heterocycles. The van der Waals surface area contributed by atoms with Gasteiger partial charge in [0, 0.05) is 11.9 Å². The fraction of sp³-hybridized carbons (Fsp3) is 0.308. The topological polar surface area (TPSA) is 66.1 Å². The predicted molar refractivity (Wildman–Crippen MR) is 74.2 cm³/mol. The molecule has 0 bridgehead atoms. The molecule has 0 spiro atoms. The highest BCUT2D eigenvalue weighted by molar-refractivity contribution is 6.30. The van der Waals surface area contributed by atoms with Gasteiger partial charge in [0.05, 0.1) is 12.2 Å². The monoisotopic (exact) mass is 295 g/mol. The van der Waals surface area contributed by atoms with E-state index in [0.29, 0.717) is 16.5 Å². The van der Waals surface area contributed by atoms with Gasteiger partial charge in [-0.1, -0.05) is 11.6 Å². The molecule has 1 heterocycles.